The van der Waals surface area contributed by atoms with Crippen molar-refractivity contribution in [2.45, 2.75) is 6.54 Å². The summed E-state index contributed by atoms with van der Waals surface area (Å²) in [7, 11) is 0. The average molecular weight is 205 g/mol. The lowest BCUT2D eigenvalue weighted by Crippen LogP contribution is -2.18. The number of hydrogen-bond acceptors (Lipinski definition) is 4. The number of aromatic nitrogens is 4. The predicted molar refractivity (Wildman–Crippen MR) is 55.6 cm³/mol. The van der Waals surface area contributed by atoms with Gasteiger partial charge in [0.1, 0.15) is 0 Å². The van der Waals surface area contributed by atoms with Crippen LogP contribution in [-0.2, 0) is 6.54 Å². The molecule has 78 valence electrons. The van der Waals surface area contributed by atoms with Crippen molar-refractivity contribution >= 4 is 5.82 Å². The first-order chi connectivity index (χ1) is 7.36. The Balaban J connectivity index is 1.89. The summed E-state index contributed by atoms with van der Waals surface area (Å²) in [5.41, 5.74) is -0.205. The summed E-state index contributed by atoms with van der Waals surface area (Å²) in [4.78, 5) is 21.6. The molecule has 6 heteroatoms. The van der Waals surface area contributed by atoms with Gasteiger partial charge in [-0.2, -0.15) is 0 Å². The van der Waals surface area contributed by atoms with E-state index in [1.54, 1.807) is 18.7 Å². The standard InChI is InChI=1S/C9H11N5O/c15-9-8(11-1-2-13-9)12-4-6-14-5-3-10-7-14/h1-3,5,7H,4,6H2,(H,11,12)(H,13,15). The number of anilines is 1. The van der Waals surface area contributed by atoms with Gasteiger partial charge in [-0.1, -0.05) is 0 Å². The Morgan fingerprint density at radius 2 is 2.40 bits per heavy atom. The molecule has 0 unspecified atom stereocenters. The average Bonchev–Trinajstić information content (AvgIpc) is 2.74. The quantitative estimate of drug-likeness (QED) is 0.741. The van der Waals surface area contributed by atoms with Crippen LogP contribution in [0.3, 0.4) is 0 Å². The van der Waals surface area contributed by atoms with Crippen LogP contribution >= 0.6 is 0 Å². The fourth-order valence-electron chi connectivity index (χ4n) is 1.20. The highest BCUT2D eigenvalue weighted by Gasteiger charge is 1.97. The molecule has 2 heterocycles. The molecule has 2 rings (SSSR count). The summed E-state index contributed by atoms with van der Waals surface area (Å²) in [6.07, 6.45) is 8.35. The van der Waals surface area contributed by atoms with Crippen LogP contribution in [0.25, 0.3) is 0 Å². The minimum atomic E-state index is -0.205. The first kappa shape index (κ1) is 9.45. The van der Waals surface area contributed by atoms with Crippen LogP contribution in [0.1, 0.15) is 0 Å². The van der Waals surface area contributed by atoms with E-state index in [0.29, 0.717) is 12.4 Å². The second kappa shape index (κ2) is 4.41. The monoisotopic (exact) mass is 205 g/mol. The fraction of sp³-hybridized carbons (Fsp3) is 0.222. The zero-order valence-corrected chi connectivity index (χ0v) is 8.05. The van der Waals surface area contributed by atoms with Gasteiger partial charge in [0.2, 0.25) is 0 Å². The van der Waals surface area contributed by atoms with E-state index in [-0.39, 0.29) is 5.56 Å². The van der Waals surface area contributed by atoms with Gasteiger partial charge in [0, 0.05) is 37.9 Å². The topological polar surface area (TPSA) is 75.6 Å². The molecule has 0 aliphatic rings. The van der Waals surface area contributed by atoms with Crippen molar-refractivity contribution in [3.8, 4) is 0 Å². The Hall–Kier alpha value is -2.11. The van der Waals surface area contributed by atoms with Crippen molar-refractivity contribution in [3.63, 3.8) is 0 Å². The number of rotatable bonds is 4. The summed E-state index contributed by atoms with van der Waals surface area (Å²) in [6.45, 7) is 1.38. The Kier molecular flexibility index (Phi) is 2.77. The third-order valence-electron chi connectivity index (χ3n) is 1.93. The molecule has 0 bridgehead atoms. The fourth-order valence-corrected chi connectivity index (χ4v) is 1.20. The van der Waals surface area contributed by atoms with Gasteiger partial charge in [-0.3, -0.25) is 4.79 Å². The van der Waals surface area contributed by atoms with Gasteiger partial charge in [0.05, 0.1) is 6.33 Å². The molecule has 6 nitrogen and oxygen atoms in total. The van der Waals surface area contributed by atoms with E-state index in [1.807, 2.05) is 10.8 Å². The number of nitrogens with one attached hydrogen (secondary N) is 2. The van der Waals surface area contributed by atoms with Gasteiger partial charge in [0.15, 0.2) is 5.82 Å². The van der Waals surface area contributed by atoms with Gasteiger partial charge in [0.25, 0.3) is 5.56 Å². The SMILES string of the molecule is O=c1[nH]ccnc1NCCn1ccnc1. The van der Waals surface area contributed by atoms with Gasteiger partial charge in [-0.15, -0.1) is 0 Å². The van der Waals surface area contributed by atoms with Crippen LogP contribution in [0.15, 0.2) is 35.9 Å². The highest BCUT2D eigenvalue weighted by Crippen LogP contribution is 1.90. The van der Waals surface area contributed by atoms with Crippen molar-refractivity contribution in [1.82, 2.24) is 19.5 Å². The smallest absolute Gasteiger partial charge is 0.290 e. The third-order valence-corrected chi connectivity index (χ3v) is 1.93. The van der Waals surface area contributed by atoms with E-state index in [0.717, 1.165) is 6.54 Å². The lowest BCUT2D eigenvalue weighted by Gasteiger charge is -2.04. The summed E-state index contributed by atoms with van der Waals surface area (Å²) in [6, 6.07) is 0. The molecule has 2 N–H and O–H groups in total. The van der Waals surface area contributed by atoms with Gasteiger partial charge < -0.3 is 14.9 Å². The zero-order chi connectivity index (χ0) is 10.5. The Bertz CT molecular complexity index is 461. The molecule has 0 aliphatic carbocycles. The van der Waals surface area contributed by atoms with Crippen molar-refractivity contribution in [1.29, 1.82) is 0 Å². The van der Waals surface area contributed by atoms with Gasteiger partial charge in [-0.05, 0) is 0 Å². The lowest BCUT2D eigenvalue weighted by molar-refractivity contribution is 0.724. The highest BCUT2D eigenvalue weighted by molar-refractivity contribution is 5.29. The summed E-state index contributed by atoms with van der Waals surface area (Å²) >= 11 is 0. The Morgan fingerprint density at radius 3 is 3.13 bits per heavy atom. The number of imidazole rings is 1. The maximum atomic E-state index is 11.2. The summed E-state index contributed by atoms with van der Waals surface area (Å²) in [5, 5.41) is 2.95. The maximum absolute atomic E-state index is 11.2. The molecule has 2 aromatic heterocycles. The van der Waals surface area contributed by atoms with Crippen LogP contribution < -0.4 is 10.9 Å². The predicted octanol–water partition coefficient (Wildman–Crippen LogP) is 0.0785. The second-order valence-electron chi connectivity index (χ2n) is 2.99. The first-order valence-electron chi connectivity index (χ1n) is 4.59. The third kappa shape index (κ3) is 2.43. The van der Waals surface area contributed by atoms with E-state index in [2.05, 4.69) is 20.3 Å². The molecule has 0 saturated carbocycles. The van der Waals surface area contributed by atoms with Crippen molar-refractivity contribution in [2.24, 2.45) is 0 Å². The first-order valence-corrected chi connectivity index (χ1v) is 4.59. The number of H-pyrrole nitrogens is 1. The molecular weight excluding hydrogens is 194 g/mol. The molecular formula is C9H11N5O. The van der Waals surface area contributed by atoms with Crippen LogP contribution in [0.4, 0.5) is 5.82 Å². The van der Waals surface area contributed by atoms with Crippen molar-refractivity contribution < 1.29 is 0 Å². The van der Waals surface area contributed by atoms with Gasteiger partial charge in [-0.25, -0.2) is 9.97 Å². The van der Waals surface area contributed by atoms with E-state index < -0.39 is 0 Å². The van der Waals surface area contributed by atoms with Crippen LogP contribution in [0.2, 0.25) is 0 Å². The van der Waals surface area contributed by atoms with E-state index >= 15 is 0 Å². The number of aromatic amines is 1. The minimum Gasteiger partial charge on any atom is -0.364 e. The van der Waals surface area contributed by atoms with Crippen LogP contribution in [-0.4, -0.2) is 26.1 Å². The Labute approximate surface area is 86.0 Å². The second-order valence-corrected chi connectivity index (χ2v) is 2.99. The Morgan fingerprint density at radius 1 is 1.47 bits per heavy atom. The van der Waals surface area contributed by atoms with Crippen molar-refractivity contribution in [3.05, 3.63) is 41.5 Å². The largest absolute Gasteiger partial charge is 0.364 e. The van der Waals surface area contributed by atoms with Crippen molar-refractivity contribution in [2.75, 3.05) is 11.9 Å². The van der Waals surface area contributed by atoms with E-state index in [4.69, 9.17) is 0 Å². The molecule has 0 fully saturated rings. The minimum absolute atomic E-state index is 0.205. The van der Waals surface area contributed by atoms with Gasteiger partial charge >= 0.3 is 0 Å². The lowest BCUT2D eigenvalue weighted by atomic mass is 10.5. The summed E-state index contributed by atoms with van der Waals surface area (Å²) < 4.78 is 1.92. The molecule has 0 spiro atoms. The molecule has 0 amide bonds. The van der Waals surface area contributed by atoms with Crippen LogP contribution in [0, 0.1) is 0 Å². The van der Waals surface area contributed by atoms with Crippen LogP contribution in [0.5, 0.6) is 0 Å². The maximum Gasteiger partial charge on any atom is 0.290 e. The normalized spacial score (nSPS) is 10.1. The number of hydrogen-bond donors (Lipinski definition) is 2. The molecule has 0 atom stereocenters. The van der Waals surface area contributed by atoms with E-state index in [9.17, 15) is 4.79 Å². The zero-order valence-electron chi connectivity index (χ0n) is 8.05. The molecule has 0 radical (unpaired) electrons. The summed E-state index contributed by atoms with van der Waals surface area (Å²) in [5.74, 6) is 0.345. The molecule has 0 saturated heterocycles. The molecule has 2 aromatic rings. The molecule has 15 heavy (non-hydrogen) atoms. The van der Waals surface area contributed by atoms with E-state index in [1.165, 1.54) is 6.20 Å². The highest BCUT2D eigenvalue weighted by atomic mass is 16.1. The molecule has 0 aliphatic heterocycles. The molecule has 0 aromatic carbocycles. The number of nitrogens with zero attached hydrogens (tertiary/aromatic N) is 3.